The van der Waals surface area contributed by atoms with Crippen LogP contribution in [-0.4, -0.2) is 15.4 Å². The van der Waals surface area contributed by atoms with Gasteiger partial charge in [0.15, 0.2) is 0 Å². The van der Waals surface area contributed by atoms with Crippen molar-refractivity contribution in [3.05, 3.63) is 35.9 Å². The molecular weight excluding hydrogens is 176 g/mol. The van der Waals surface area contributed by atoms with Gasteiger partial charge in [-0.2, -0.15) is 0 Å². The molecule has 0 N–H and O–H groups in total. The van der Waals surface area contributed by atoms with Gasteiger partial charge in [-0.05, 0) is 25.2 Å². The predicted molar refractivity (Wildman–Crippen MR) is 57.8 cm³/mol. The molecular formula is C11H14OSi. The van der Waals surface area contributed by atoms with Gasteiger partial charge in [-0.25, -0.2) is 0 Å². The molecule has 0 aliphatic heterocycles. The molecule has 0 aliphatic rings. The summed E-state index contributed by atoms with van der Waals surface area (Å²) in [6.45, 7) is 4.17. The van der Waals surface area contributed by atoms with E-state index in [1.54, 1.807) is 7.11 Å². The van der Waals surface area contributed by atoms with Gasteiger partial charge in [-0.3, -0.25) is 0 Å². The third kappa shape index (κ3) is 3.45. The molecule has 1 aromatic carbocycles. The summed E-state index contributed by atoms with van der Waals surface area (Å²) < 4.78 is 5.32. The van der Waals surface area contributed by atoms with Gasteiger partial charge in [0.1, 0.15) is 0 Å². The second-order valence-corrected chi connectivity index (χ2v) is 7.01. The van der Waals surface area contributed by atoms with Crippen LogP contribution in [0.5, 0.6) is 0 Å². The van der Waals surface area contributed by atoms with Crippen molar-refractivity contribution in [1.82, 2.24) is 0 Å². The summed E-state index contributed by atoms with van der Waals surface area (Å²) in [6, 6.07) is 9.99. The van der Waals surface area contributed by atoms with Crippen LogP contribution in [0, 0.1) is 11.5 Å². The minimum atomic E-state index is -1.72. The van der Waals surface area contributed by atoms with E-state index in [0.29, 0.717) is 0 Å². The third-order valence-corrected chi connectivity index (χ3v) is 3.54. The predicted octanol–water partition coefficient (Wildman–Crippen LogP) is 2.43. The van der Waals surface area contributed by atoms with E-state index in [4.69, 9.17) is 4.43 Å². The highest BCUT2D eigenvalue weighted by Crippen LogP contribution is 2.01. The van der Waals surface area contributed by atoms with Crippen LogP contribution in [0.2, 0.25) is 13.1 Å². The molecule has 0 aromatic heterocycles. The molecule has 2 heteroatoms. The van der Waals surface area contributed by atoms with Crippen LogP contribution in [0.4, 0.5) is 0 Å². The summed E-state index contributed by atoms with van der Waals surface area (Å²) in [7, 11) is 0.00690. The van der Waals surface area contributed by atoms with E-state index < -0.39 is 8.32 Å². The maximum Gasteiger partial charge on any atom is 0.265 e. The fraction of sp³-hybridized carbons (Fsp3) is 0.273. The van der Waals surface area contributed by atoms with Crippen molar-refractivity contribution in [3.63, 3.8) is 0 Å². The Morgan fingerprint density at radius 3 is 2.31 bits per heavy atom. The minimum absolute atomic E-state index is 1.06. The standard InChI is InChI=1S/C11H14OSi/c1-12-13(2,3)10-9-11-7-5-4-6-8-11/h4-8H,1-3H3. The number of rotatable bonds is 1. The van der Waals surface area contributed by atoms with Gasteiger partial charge in [0, 0.05) is 12.7 Å². The van der Waals surface area contributed by atoms with Crippen LogP contribution >= 0.6 is 0 Å². The molecule has 0 radical (unpaired) electrons. The van der Waals surface area contributed by atoms with Gasteiger partial charge in [-0.15, -0.1) is 0 Å². The van der Waals surface area contributed by atoms with Gasteiger partial charge < -0.3 is 4.43 Å². The molecule has 68 valence electrons. The molecule has 0 aliphatic carbocycles. The lowest BCUT2D eigenvalue weighted by atomic mass is 10.2. The van der Waals surface area contributed by atoms with Gasteiger partial charge >= 0.3 is 0 Å². The van der Waals surface area contributed by atoms with Crippen molar-refractivity contribution >= 4 is 8.32 Å². The third-order valence-electron chi connectivity index (χ3n) is 1.79. The van der Waals surface area contributed by atoms with E-state index in [0.717, 1.165) is 5.56 Å². The Morgan fingerprint density at radius 2 is 1.77 bits per heavy atom. The van der Waals surface area contributed by atoms with Crippen molar-refractivity contribution in [2.24, 2.45) is 0 Å². The van der Waals surface area contributed by atoms with E-state index in [-0.39, 0.29) is 0 Å². The zero-order valence-electron chi connectivity index (χ0n) is 8.29. The van der Waals surface area contributed by atoms with Crippen LogP contribution in [0.15, 0.2) is 30.3 Å². The average molecular weight is 190 g/mol. The molecule has 0 fully saturated rings. The van der Waals surface area contributed by atoms with Crippen LogP contribution < -0.4 is 0 Å². The van der Waals surface area contributed by atoms with E-state index in [1.165, 1.54) is 0 Å². The lowest BCUT2D eigenvalue weighted by Gasteiger charge is -2.10. The highest BCUT2D eigenvalue weighted by molar-refractivity contribution is 6.79. The van der Waals surface area contributed by atoms with Crippen molar-refractivity contribution in [2.45, 2.75) is 13.1 Å². The summed E-state index contributed by atoms with van der Waals surface area (Å²) in [4.78, 5) is 0. The second kappa shape index (κ2) is 4.27. The molecule has 0 unspecified atom stereocenters. The van der Waals surface area contributed by atoms with Crippen LogP contribution in [0.3, 0.4) is 0 Å². The van der Waals surface area contributed by atoms with Crippen LogP contribution in [0.1, 0.15) is 5.56 Å². The fourth-order valence-electron chi connectivity index (χ4n) is 0.795. The Hall–Kier alpha value is -1.04. The van der Waals surface area contributed by atoms with Gasteiger partial charge in [0.25, 0.3) is 8.32 Å². The van der Waals surface area contributed by atoms with E-state index in [2.05, 4.69) is 24.6 Å². The molecule has 0 saturated heterocycles. The highest BCUT2D eigenvalue weighted by Gasteiger charge is 2.16. The Balaban J connectivity index is 2.79. The molecule has 1 aromatic rings. The number of hydrogen-bond acceptors (Lipinski definition) is 1. The van der Waals surface area contributed by atoms with E-state index in [1.807, 2.05) is 30.3 Å². The maximum atomic E-state index is 5.32. The van der Waals surface area contributed by atoms with Crippen LogP contribution in [-0.2, 0) is 4.43 Å². The SMILES string of the molecule is CO[Si](C)(C)C#Cc1ccccc1. The lowest BCUT2D eigenvalue weighted by Crippen LogP contribution is -2.26. The summed E-state index contributed by atoms with van der Waals surface area (Å²) in [5.74, 6) is 3.12. The maximum absolute atomic E-state index is 5.32. The monoisotopic (exact) mass is 190 g/mol. The number of hydrogen-bond donors (Lipinski definition) is 0. The van der Waals surface area contributed by atoms with Crippen molar-refractivity contribution in [3.8, 4) is 11.5 Å². The van der Waals surface area contributed by atoms with Gasteiger partial charge in [0.05, 0.1) is 0 Å². The zero-order valence-corrected chi connectivity index (χ0v) is 9.29. The first-order chi connectivity index (χ1) is 6.14. The molecule has 0 amide bonds. The normalized spacial score (nSPS) is 10.4. The Morgan fingerprint density at radius 1 is 1.15 bits per heavy atom. The summed E-state index contributed by atoms with van der Waals surface area (Å²) >= 11 is 0. The van der Waals surface area contributed by atoms with Crippen molar-refractivity contribution < 1.29 is 4.43 Å². The first kappa shape index (κ1) is 10.0. The molecule has 13 heavy (non-hydrogen) atoms. The second-order valence-electron chi connectivity index (χ2n) is 3.33. The number of benzene rings is 1. The molecule has 1 rings (SSSR count). The van der Waals surface area contributed by atoms with Crippen molar-refractivity contribution in [2.75, 3.05) is 7.11 Å². The minimum Gasteiger partial charge on any atom is -0.409 e. The van der Waals surface area contributed by atoms with E-state index in [9.17, 15) is 0 Å². The van der Waals surface area contributed by atoms with E-state index >= 15 is 0 Å². The fourth-order valence-corrected chi connectivity index (χ4v) is 1.34. The summed E-state index contributed by atoms with van der Waals surface area (Å²) in [5.41, 5.74) is 4.25. The Labute approximate surface area is 80.9 Å². The molecule has 0 spiro atoms. The first-order valence-corrected chi connectivity index (χ1v) is 7.18. The van der Waals surface area contributed by atoms with Gasteiger partial charge in [0.2, 0.25) is 0 Å². The molecule has 0 saturated carbocycles. The molecule has 0 bridgehead atoms. The smallest absolute Gasteiger partial charge is 0.265 e. The Kier molecular flexibility index (Phi) is 3.29. The highest BCUT2D eigenvalue weighted by atomic mass is 28.4. The topological polar surface area (TPSA) is 9.23 Å². The first-order valence-electron chi connectivity index (χ1n) is 4.27. The van der Waals surface area contributed by atoms with Gasteiger partial charge in [-0.1, -0.05) is 29.7 Å². The van der Waals surface area contributed by atoms with Crippen LogP contribution in [0.25, 0.3) is 0 Å². The van der Waals surface area contributed by atoms with Crippen molar-refractivity contribution in [1.29, 1.82) is 0 Å². The molecule has 0 heterocycles. The Bertz CT molecular complexity index is 319. The average Bonchev–Trinajstić information content (AvgIpc) is 2.17. The molecule has 1 nitrogen and oxygen atoms in total. The zero-order chi connectivity index (χ0) is 9.73. The quantitative estimate of drug-likeness (QED) is 0.488. The largest absolute Gasteiger partial charge is 0.409 e. The molecule has 0 atom stereocenters. The summed E-state index contributed by atoms with van der Waals surface area (Å²) in [6.07, 6.45) is 0. The summed E-state index contributed by atoms with van der Waals surface area (Å²) in [5, 5.41) is 0. The lowest BCUT2D eigenvalue weighted by molar-refractivity contribution is 0.417.